The summed E-state index contributed by atoms with van der Waals surface area (Å²) in [6.45, 7) is 1.54. The largest absolute Gasteiger partial charge is 0.342 e. The average Bonchev–Trinajstić information content (AvgIpc) is 3.67. The zero-order chi connectivity index (χ0) is 25.7. The molecule has 2 fully saturated rings. The van der Waals surface area contributed by atoms with Crippen LogP contribution in [0.4, 0.5) is 4.39 Å². The van der Waals surface area contributed by atoms with Crippen molar-refractivity contribution in [3.8, 4) is 6.07 Å². The van der Waals surface area contributed by atoms with Gasteiger partial charge < -0.3 is 20.4 Å². The topological polar surface area (TPSA) is 106 Å². The van der Waals surface area contributed by atoms with Crippen molar-refractivity contribution in [2.45, 2.75) is 37.3 Å². The third-order valence-corrected chi connectivity index (χ3v) is 6.81. The first-order chi connectivity index (χ1) is 17.4. The lowest BCUT2D eigenvalue weighted by Gasteiger charge is -2.34. The van der Waals surface area contributed by atoms with Gasteiger partial charge in [-0.25, -0.2) is 4.39 Å². The number of likely N-dealkylation sites (N-methyl/N-ethyl adjacent to an activating group) is 1. The Balaban J connectivity index is 1.33. The van der Waals surface area contributed by atoms with E-state index in [9.17, 15) is 18.8 Å². The Morgan fingerprint density at radius 2 is 1.86 bits per heavy atom. The summed E-state index contributed by atoms with van der Waals surface area (Å²) in [7, 11) is 1.71. The molecule has 3 atom stereocenters. The van der Waals surface area contributed by atoms with E-state index in [1.54, 1.807) is 36.2 Å². The van der Waals surface area contributed by atoms with Crippen molar-refractivity contribution < 1.29 is 18.8 Å². The zero-order valence-corrected chi connectivity index (χ0v) is 20.2. The highest BCUT2D eigenvalue weighted by Crippen LogP contribution is 2.40. The van der Waals surface area contributed by atoms with Crippen LogP contribution >= 0.6 is 0 Å². The predicted molar refractivity (Wildman–Crippen MR) is 131 cm³/mol. The average molecular weight is 492 g/mol. The smallest absolute Gasteiger partial charge is 0.251 e. The van der Waals surface area contributed by atoms with Crippen LogP contribution in [0, 0.1) is 17.1 Å². The van der Waals surface area contributed by atoms with Gasteiger partial charge in [-0.05, 0) is 67.8 Å². The lowest BCUT2D eigenvalue weighted by Crippen LogP contribution is -2.56. The molecule has 2 aliphatic rings. The molecule has 188 valence electrons. The highest BCUT2D eigenvalue weighted by molar-refractivity contribution is 5.98. The van der Waals surface area contributed by atoms with E-state index < -0.39 is 11.9 Å². The van der Waals surface area contributed by atoms with E-state index in [0.29, 0.717) is 55.6 Å². The van der Waals surface area contributed by atoms with Crippen molar-refractivity contribution in [1.29, 1.82) is 5.26 Å². The number of nitrogens with zero attached hydrogens (tertiary/aromatic N) is 3. The Morgan fingerprint density at radius 3 is 2.53 bits per heavy atom. The van der Waals surface area contributed by atoms with Crippen LogP contribution < -0.4 is 10.6 Å². The van der Waals surface area contributed by atoms with Gasteiger partial charge in [-0.3, -0.25) is 14.4 Å². The van der Waals surface area contributed by atoms with Crippen LogP contribution in [-0.4, -0.2) is 72.8 Å². The van der Waals surface area contributed by atoms with Gasteiger partial charge in [0.2, 0.25) is 11.8 Å². The Labute approximate surface area is 210 Å². The monoisotopic (exact) mass is 491 g/mol. The molecular weight excluding hydrogens is 461 g/mol. The standard InChI is InChI=1S/C27H30FN5O3/c1-32-13-14-33(17-25(32)34)27(36)23(31-26(35)20-6-4-18(16-29)5-7-20)3-2-12-30-24-15-22(24)19-8-10-21(28)11-9-19/h4-11,22-24,30H,2-3,12-15,17H2,1H3,(H,31,35)/t22-,23-,24+/m0/s1. The highest BCUT2D eigenvalue weighted by Gasteiger charge is 2.38. The van der Waals surface area contributed by atoms with Gasteiger partial charge in [-0.15, -0.1) is 0 Å². The maximum Gasteiger partial charge on any atom is 0.251 e. The number of halogens is 1. The molecule has 1 aliphatic carbocycles. The minimum atomic E-state index is -0.766. The first-order valence-electron chi connectivity index (χ1n) is 12.2. The number of carbonyl (C=O) groups is 3. The molecule has 0 radical (unpaired) electrons. The van der Waals surface area contributed by atoms with E-state index in [2.05, 4.69) is 10.6 Å². The summed E-state index contributed by atoms with van der Waals surface area (Å²) >= 11 is 0. The second-order valence-corrected chi connectivity index (χ2v) is 9.39. The van der Waals surface area contributed by atoms with Crippen molar-refractivity contribution in [2.75, 3.05) is 33.2 Å². The van der Waals surface area contributed by atoms with E-state index in [4.69, 9.17) is 5.26 Å². The van der Waals surface area contributed by atoms with Gasteiger partial charge in [0.15, 0.2) is 0 Å². The van der Waals surface area contributed by atoms with Crippen LogP contribution in [0.15, 0.2) is 48.5 Å². The van der Waals surface area contributed by atoms with Gasteiger partial charge in [-0.2, -0.15) is 5.26 Å². The number of hydrogen-bond donors (Lipinski definition) is 2. The summed E-state index contributed by atoms with van der Waals surface area (Å²) < 4.78 is 13.2. The Kier molecular flexibility index (Phi) is 7.96. The molecular formula is C27H30FN5O3. The van der Waals surface area contributed by atoms with Gasteiger partial charge >= 0.3 is 0 Å². The van der Waals surface area contributed by atoms with Gasteiger partial charge in [0, 0.05) is 37.7 Å². The van der Waals surface area contributed by atoms with E-state index in [1.807, 2.05) is 18.2 Å². The first-order valence-corrected chi connectivity index (χ1v) is 12.2. The van der Waals surface area contributed by atoms with Crippen molar-refractivity contribution in [1.82, 2.24) is 20.4 Å². The lowest BCUT2D eigenvalue weighted by atomic mass is 10.1. The fourth-order valence-corrected chi connectivity index (χ4v) is 4.45. The normalized spacial score (nSPS) is 20.0. The van der Waals surface area contributed by atoms with E-state index in [-0.39, 0.29) is 24.2 Å². The van der Waals surface area contributed by atoms with Gasteiger partial charge in [0.25, 0.3) is 5.91 Å². The summed E-state index contributed by atoms with van der Waals surface area (Å²) in [4.78, 5) is 41.3. The van der Waals surface area contributed by atoms with Gasteiger partial charge in [0.05, 0.1) is 18.2 Å². The van der Waals surface area contributed by atoms with Crippen LogP contribution in [0.5, 0.6) is 0 Å². The minimum Gasteiger partial charge on any atom is -0.342 e. The molecule has 1 aliphatic heterocycles. The fourth-order valence-electron chi connectivity index (χ4n) is 4.45. The summed E-state index contributed by atoms with van der Waals surface area (Å²) in [5.74, 6) is -0.687. The summed E-state index contributed by atoms with van der Waals surface area (Å²) in [5.41, 5.74) is 1.91. The van der Waals surface area contributed by atoms with Crippen molar-refractivity contribution in [3.05, 3.63) is 71.0 Å². The number of benzene rings is 2. The summed E-state index contributed by atoms with van der Waals surface area (Å²) in [6, 6.07) is 14.4. The third kappa shape index (κ3) is 6.26. The predicted octanol–water partition coefficient (Wildman–Crippen LogP) is 2.02. The zero-order valence-electron chi connectivity index (χ0n) is 20.2. The molecule has 2 aromatic carbocycles. The molecule has 4 rings (SSSR count). The fraction of sp³-hybridized carbons (Fsp3) is 0.407. The molecule has 1 saturated carbocycles. The Morgan fingerprint density at radius 1 is 1.14 bits per heavy atom. The van der Waals surface area contributed by atoms with Crippen LogP contribution in [0.1, 0.15) is 46.7 Å². The quantitative estimate of drug-likeness (QED) is 0.522. The molecule has 2 N–H and O–H groups in total. The van der Waals surface area contributed by atoms with E-state index in [0.717, 1.165) is 12.0 Å². The molecule has 0 spiro atoms. The maximum absolute atomic E-state index is 13.3. The molecule has 0 aromatic heterocycles. The number of rotatable bonds is 9. The summed E-state index contributed by atoms with van der Waals surface area (Å²) in [6.07, 6.45) is 2.05. The second kappa shape index (κ2) is 11.3. The van der Waals surface area contributed by atoms with Gasteiger partial charge in [0.1, 0.15) is 11.9 Å². The molecule has 3 amide bonds. The number of hydrogen-bond acceptors (Lipinski definition) is 5. The van der Waals surface area contributed by atoms with Crippen LogP contribution in [0.3, 0.4) is 0 Å². The molecule has 2 aromatic rings. The second-order valence-electron chi connectivity index (χ2n) is 9.39. The minimum absolute atomic E-state index is 0.00174. The molecule has 1 saturated heterocycles. The molecule has 1 heterocycles. The number of nitriles is 1. The molecule has 0 bridgehead atoms. The first kappa shape index (κ1) is 25.3. The maximum atomic E-state index is 13.3. The molecule has 8 nitrogen and oxygen atoms in total. The van der Waals surface area contributed by atoms with Crippen molar-refractivity contribution in [2.24, 2.45) is 0 Å². The van der Waals surface area contributed by atoms with Crippen molar-refractivity contribution >= 4 is 17.7 Å². The number of amides is 3. The molecule has 0 unspecified atom stereocenters. The number of nitrogens with one attached hydrogen (secondary N) is 2. The lowest BCUT2D eigenvalue weighted by molar-refractivity contribution is -0.145. The summed E-state index contributed by atoms with van der Waals surface area (Å²) in [5, 5.41) is 15.3. The number of carbonyl (C=O) groups excluding carboxylic acids is 3. The van der Waals surface area contributed by atoms with Crippen LogP contribution in [-0.2, 0) is 9.59 Å². The van der Waals surface area contributed by atoms with Crippen LogP contribution in [0.2, 0.25) is 0 Å². The SMILES string of the molecule is CN1CCN(C(=O)[C@H](CCCN[C@@H]2C[C@H]2c2ccc(F)cc2)NC(=O)c2ccc(C#N)cc2)CC1=O. The van der Waals surface area contributed by atoms with Crippen LogP contribution in [0.25, 0.3) is 0 Å². The third-order valence-electron chi connectivity index (χ3n) is 6.81. The van der Waals surface area contributed by atoms with E-state index in [1.165, 1.54) is 17.0 Å². The molecule has 36 heavy (non-hydrogen) atoms. The molecule has 9 heteroatoms. The van der Waals surface area contributed by atoms with Crippen molar-refractivity contribution in [3.63, 3.8) is 0 Å². The van der Waals surface area contributed by atoms with E-state index >= 15 is 0 Å². The van der Waals surface area contributed by atoms with Gasteiger partial charge in [-0.1, -0.05) is 12.1 Å². The highest BCUT2D eigenvalue weighted by atomic mass is 19.1. The Hall–Kier alpha value is -3.77. The Bertz CT molecular complexity index is 1150. The number of piperazine rings is 1.